The van der Waals surface area contributed by atoms with Crippen LogP contribution < -0.4 is 23.7 Å². The van der Waals surface area contributed by atoms with Crippen molar-refractivity contribution in [3.63, 3.8) is 0 Å². The molecular formula is C26H30N2O7. The Balaban J connectivity index is 1.38. The summed E-state index contributed by atoms with van der Waals surface area (Å²) < 4.78 is 33.9. The molecule has 35 heavy (non-hydrogen) atoms. The zero-order valence-corrected chi connectivity index (χ0v) is 20.3. The molecule has 1 fully saturated rings. The van der Waals surface area contributed by atoms with Gasteiger partial charge in [-0.25, -0.2) is 0 Å². The number of hydrogen-bond acceptors (Lipinski definition) is 9. The normalized spacial score (nSPS) is 19.1. The number of hydrogen-bond donors (Lipinski definition) is 0. The molecule has 186 valence electrons. The third-order valence-electron chi connectivity index (χ3n) is 6.54. The highest BCUT2D eigenvalue weighted by molar-refractivity contribution is 6.15. The minimum absolute atomic E-state index is 0.176. The number of fused-ring (bicyclic) bond motifs is 3. The molecule has 0 N–H and O–H groups in total. The van der Waals surface area contributed by atoms with Gasteiger partial charge in [0, 0.05) is 44.4 Å². The predicted octanol–water partition coefficient (Wildman–Crippen LogP) is 2.81. The highest BCUT2D eigenvalue weighted by Gasteiger charge is 2.34. The van der Waals surface area contributed by atoms with Crippen molar-refractivity contribution in [3.8, 4) is 28.7 Å². The number of carbonyl (C=O) groups excluding carboxylic acids is 1. The number of ketones is 1. The molecule has 9 nitrogen and oxygen atoms in total. The summed E-state index contributed by atoms with van der Waals surface area (Å²) in [5.41, 5.74) is 2.08. The SMILES string of the molecule is COc1cc(OC)c(OC)cc1C=C1Oc2c(ccc3c2CN(CCN2CCOCC2)CO3)C1=O. The van der Waals surface area contributed by atoms with E-state index in [1.54, 1.807) is 45.6 Å². The number of ether oxygens (including phenoxy) is 6. The average molecular weight is 483 g/mol. The van der Waals surface area contributed by atoms with Gasteiger partial charge in [-0.3, -0.25) is 14.6 Å². The van der Waals surface area contributed by atoms with Gasteiger partial charge >= 0.3 is 0 Å². The molecule has 0 unspecified atom stereocenters. The van der Waals surface area contributed by atoms with Crippen molar-refractivity contribution >= 4 is 11.9 Å². The Bertz CT molecular complexity index is 1140. The second-order valence-corrected chi connectivity index (χ2v) is 8.59. The van der Waals surface area contributed by atoms with Crippen molar-refractivity contribution in [1.82, 2.24) is 9.80 Å². The van der Waals surface area contributed by atoms with Gasteiger partial charge in [-0.05, 0) is 24.3 Å². The minimum atomic E-state index is -0.176. The van der Waals surface area contributed by atoms with E-state index < -0.39 is 0 Å². The van der Waals surface area contributed by atoms with E-state index in [0.717, 1.165) is 50.7 Å². The second-order valence-electron chi connectivity index (χ2n) is 8.59. The van der Waals surface area contributed by atoms with E-state index in [4.69, 9.17) is 28.4 Å². The first-order valence-corrected chi connectivity index (χ1v) is 11.7. The molecule has 3 heterocycles. The lowest BCUT2D eigenvalue weighted by Crippen LogP contribution is -2.43. The molecule has 2 aromatic carbocycles. The van der Waals surface area contributed by atoms with Crippen LogP contribution >= 0.6 is 0 Å². The van der Waals surface area contributed by atoms with E-state index in [1.807, 2.05) is 6.07 Å². The Morgan fingerprint density at radius 1 is 0.943 bits per heavy atom. The Morgan fingerprint density at radius 3 is 2.40 bits per heavy atom. The van der Waals surface area contributed by atoms with E-state index in [1.165, 1.54) is 0 Å². The van der Waals surface area contributed by atoms with Gasteiger partial charge in [0.05, 0.1) is 45.7 Å². The molecule has 0 amide bonds. The number of rotatable bonds is 7. The molecule has 0 saturated carbocycles. The summed E-state index contributed by atoms with van der Waals surface area (Å²) in [7, 11) is 4.69. The molecule has 1 saturated heterocycles. The van der Waals surface area contributed by atoms with Gasteiger partial charge in [-0.2, -0.15) is 0 Å². The van der Waals surface area contributed by atoms with Crippen LogP contribution in [0.15, 0.2) is 30.0 Å². The number of carbonyl (C=O) groups is 1. The zero-order valence-electron chi connectivity index (χ0n) is 20.3. The van der Waals surface area contributed by atoms with Crippen LogP contribution in [0.5, 0.6) is 28.7 Å². The van der Waals surface area contributed by atoms with E-state index in [0.29, 0.717) is 47.4 Å². The van der Waals surface area contributed by atoms with E-state index in [2.05, 4.69) is 9.80 Å². The molecular weight excluding hydrogens is 452 g/mol. The second kappa shape index (κ2) is 10.2. The summed E-state index contributed by atoms with van der Waals surface area (Å²) >= 11 is 0. The Kier molecular flexibility index (Phi) is 6.81. The molecule has 0 aliphatic carbocycles. The van der Waals surface area contributed by atoms with Gasteiger partial charge in [-0.15, -0.1) is 0 Å². The third kappa shape index (κ3) is 4.67. The molecule has 0 bridgehead atoms. The van der Waals surface area contributed by atoms with Gasteiger partial charge < -0.3 is 28.4 Å². The Labute approximate surface area is 204 Å². The van der Waals surface area contributed by atoms with Crippen LogP contribution in [0.25, 0.3) is 6.08 Å². The van der Waals surface area contributed by atoms with Crippen LogP contribution in [-0.4, -0.2) is 83.0 Å². The van der Waals surface area contributed by atoms with Gasteiger partial charge in [-0.1, -0.05) is 0 Å². The molecule has 9 heteroatoms. The van der Waals surface area contributed by atoms with Crippen LogP contribution in [0, 0.1) is 0 Å². The molecule has 0 atom stereocenters. The summed E-state index contributed by atoms with van der Waals surface area (Å²) in [5, 5.41) is 0. The molecule has 2 aromatic rings. The van der Waals surface area contributed by atoms with E-state index in [9.17, 15) is 4.79 Å². The summed E-state index contributed by atoms with van der Waals surface area (Å²) in [6, 6.07) is 7.11. The maximum Gasteiger partial charge on any atom is 0.231 e. The van der Waals surface area contributed by atoms with Crippen molar-refractivity contribution in [2.24, 2.45) is 0 Å². The molecule has 0 spiro atoms. The van der Waals surface area contributed by atoms with Crippen molar-refractivity contribution < 1.29 is 33.2 Å². The smallest absolute Gasteiger partial charge is 0.231 e. The average Bonchev–Trinajstić information content (AvgIpc) is 3.23. The van der Waals surface area contributed by atoms with Gasteiger partial charge in [0.1, 0.15) is 24.0 Å². The minimum Gasteiger partial charge on any atom is -0.496 e. The molecule has 3 aliphatic heterocycles. The summed E-state index contributed by atoms with van der Waals surface area (Å²) in [5.74, 6) is 2.98. The fourth-order valence-electron chi connectivity index (χ4n) is 4.56. The van der Waals surface area contributed by atoms with Crippen molar-refractivity contribution in [2.45, 2.75) is 6.54 Å². The number of benzene rings is 2. The van der Waals surface area contributed by atoms with Gasteiger partial charge in [0.2, 0.25) is 5.78 Å². The number of morpholine rings is 1. The number of methoxy groups -OCH3 is 3. The van der Waals surface area contributed by atoms with Crippen LogP contribution in [-0.2, 0) is 11.3 Å². The lowest BCUT2D eigenvalue weighted by atomic mass is 10.0. The van der Waals surface area contributed by atoms with Gasteiger partial charge in [0.25, 0.3) is 0 Å². The molecule has 0 radical (unpaired) electrons. The van der Waals surface area contributed by atoms with E-state index in [-0.39, 0.29) is 11.5 Å². The van der Waals surface area contributed by atoms with Crippen molar-refractivity contribution in [1.29, 1.82) is 0 Å². The fraction of sp³-hybridized carbons (Fsp3) is 0.423. The number of Topliss-reactive ketones (excluding diaryl/α,β-unsaturated/α-hetero) is 1. The third-order valence-corrected chi connectivity index (χ3v) is 6.54. The topological polar surface area (TPSA) is 78.9 Å². The van der Waals surface area contributed by atoms with Crippen molar-refractivity contribution in [3.05, 3.63) is 46.7 Å². The van der Waals surface area contributed by atoms with Crippen LogP contribution in [0.2, 0.25) is 0 Å². The maximum atomic E-state index is 13.2. The lowest BCUT2D eigenvalue weighted by Gasteiger charge is -2.33. The monoisotopic (exact) mass is 482 g/mol. The van der Waals surface area contributed by atoms with Crippen LogP contribution in [0.4, 0.5) is 0 Å². The standard InChI is InChI=1S/C26H30N2O7/c1-30-21-14-23(32-3)22(31-2)12-17(21)13-24-25(29)18-4-5-20-19(26(18)35-24)15-28(16-34-20)7-6-27-8-10-33-11-9-27/h4-5,12-14H,6-11,15-16H2,1-3H3. The lowest BCUT2D eigenvalue weighted by molar-refractivity contribution is 0.0239. The van der Waals surface area contributed by atoms with Gasteiger partial charge in [0.15, 0.2) is 17.3 Å². The van der Waals surface area contributed by atoms with Crippen LogP contribution in [0.1, 0.15) is 21.5 Å². The first kappa shape index (κ1) is 23.5. The summed E-state index contributed by atoms with van der Waals surface area (Å²) in [6.07, 6.45) is 1.68. The fourth-order valence-corrected chi connectivity index (χ4v) is 4.56. The highest BCUT2D eigenvalue weighted by atomic mass is 16.5. The van der Waals surface area contributed by atoms with Crippen LogP contribution in [0.3, 0.4) is 0 Å². The number of nitrogens with zero attached hydrogens (tertiary/aromatic N) is 2. The first-order chi connectivity index (χ1) is 17.1. The van der Waals surface area contributed by atoms with E-state index >= 15 is 0 Å². The predicted molar refractivity (Wildman–Crippen MR) is 129 cm³/mol. The first-order valence-electron chi connectivity index (χ1n) is 11.7. The summed E-state index contributed by atoms with van der Waals surface area (Å²) in [4.78, 5) is 17.8. The maximum absolute atomic E-state index is 13.2. The highest BCUT2D eigenvalue weighted by Crippen LogP contribution is 2.43. The Hall–Kier alpha value is -3.27. The van der Waals surface area contributed by atoms with Crippen molar-refractivity contribution in [2.75, 3.05) is 67.5 Å². The quantitative estimate of drug-likeness (QED) is 0.554. The molecule has 5 rings (SSSR count). The Morgan fingerprint density at radius 2 is 1.66 bits per heavy atom. The molecule has 0 aromatic heterocycles. The summed E-state index contributed by atoms with van der Waals surface area (Å²) in [6.45, 7) is 6.44. The molecule has 3 aliphatic rings. The number of allylic oxidation sites excluding steroid dienone is 1. The zero-order chi connectivity index (χ0) is 24.4. The largest absolute Gasteiger partial charge is 0.496 e.